The Hall–Kier alpha value is 0.460. The number of alkyl halides is 2. The molecule has 3 nitrogen and oxygen atoms in total. The van der Waals surface area contributed by atoms with Crippen molar-refractivity contribution in [3.8, 4) is 0 Å². The van der Waals surface area contributed by atoms with Crippen LogP contribution in [0.25, 0.3) is 0 Å². The highest BCUT2D eigenvalue weighted by molar-refractivity contribution is 6.32. The second kappa shape index (κ2) is 2.75. The van der Waals surface area contributed by atoms with E-state index in [0.29, 0.717) is 12.8 Å². The van der Waals surface area contributed by atoms with Crippen LogP contribution in [0.15, 0.2) is 0 Å². The summed E-state index contributed by atoms with van der Waals surface area (Å²) in [6, 6.07) is 0. The van der Waals surface area contributed by atoms with Gasteiger partial charge in [0, 0.05) is 0 Å². The first-order valence-corrected chi connectivity index (χ1v) is 4.32. The van der Waals surface area contributed by atoms with Crippen LogP contribution in [-0.2, 0) is 0 Å². The molecule has 1 fully saturated rings. The van der Waals surface area contributed by atoms with Crippen molar-refractivity contribution in [3.63, 3.8) is 0 Å². The van der Waals surface area contributed by atoms with E-state index in [2.05, 4.69) is 0 Å². The van der Waals surface area contributed by atoms with Gasteiger partial charge in [0.1, 0.15) is 10.7 Å². The fourth-order valence-electron chi connectivity index (χ4n) is 1.22. The first-order chi connectivity index (χ1) is 4.88. The summed E-state index contributed by atoms with van der Waals surface area (Å²) in [6.07, 6.45) is 1.85. The van der Waals surface area contributed by atoms with Crippen molar-refractivity contribution in [3.05, 3.63) is 0 Å². The minimum Gasteiger partial charge on any atom is -0.373 e. The molecule has 0 aromatic rings. The molecule has 0 saturated heterocycles. The van der Waals surface area contributed by atoms with Crippen molar-refractivity contribution in [1.29, 1.82) is 0 Å². The predicted molar refractivity (Wildman–Crippen MR) is 45.4 cm³/mol. The largest absolute Gasteiger partial charge is 0.373 e. The molecule has 0 aromatic carbocycles. The maximum absolute atomic E-state index is 9.51. The number of aliphatic hydroxyl groups is 1. The highest BCUT2D eigenvalue weighted by Crippen LogP contribution is 2.38. The monoisotopic (exact) mass is 198 g/mol. The molecule has 3 atom stereocenters. The summed E-state index contributed by atoms with van der Waals surface area (Å²) >= 11 is 11.6. The van der Waals surface area contributed by atoms with E-state index in [-0.39, 0.29) is 0 Å². The topological polar surface area (TPSA) is 72.3 Å². The van der Waals surface area contributed by atoms with Crippen LogP contribution in [0, 0.1) is 0 Å². The summed E-state index contributed by atoms with van der Waals surface area (Å²) < 4.78 is 0. The zero-order chi connectivity index (χ0) is 8.70. The van der Waals surface area contributed by atoms with Crippen LogP contribution < -0.4 is 11.5 Å². The second-order valence-corrected chi connectivity index (χ2v) is 4.20. The lowest BCUT2D eigenvalue weighted by Crippen LogP contribution is -2.68. The van der Waals surface area contributed by atoms with Crippen molar-refractivity contribution in [2.24, 2.45) is 11.5 Å². The van der Waals surface area contributed by atoms with Crippen molar-refractivity contribution in [2.45, 2.75) is 35.4 Å². The number of hydrogen-bond acceptors (Lipinski definition) is 3. The molecule has 1 rings (SSSR count). The highest BCUT2D eigenvalue weighted by atomic mass is 35.5. The Morgan fingerprint density at radius 3 is 2.36 bits per heavy atom. The van der Waals surface area contributed by atoms with E-state index in [0.717, 1.165) is 6.42 Å². The van der Waals surface area contributed by atoms with Gasteiger partial charge in [-0.1, -0.05) is 11.6 Å². The summed E-state index contributed by atoms with van der Waals surface area (Å²) in [6.45, 7) is 0. The minimum atomic E-state index is -1.54. The summed E-state index contributed by atoms with van der Waals surface area (Å²) in [5, 5.41) is 9.04. The molecule has 0 bridgehead atoms. The molecule has 5 heteroatoms. The van der Waals surface area contributed by atoms with Crippen LogP contribution in [0.5, 0.6) is 0 Å². The number of halogens is 2. The normalized spacial score (nSPS) is 52.6. The third kappa shape index (κ3) is 1.48. The molecule has 5 N–H and O–H groups in total. The van der Waals surface area contributed by atoms with Gasteiger partial charge in [-0.3, -0.25) is 0 Å². The molecule has 0 radical (unpaired) electrons. The van der Waals surface area contributed by atoms with Crippen molar-refractivity contribution in [2.75, 3.05) is 0 Å². The van der Waals surface area contributed by atoms with E-state index in [9.17, 15) is 5.11 Å². The molecule has 66 valence electrons. The summed E-state index contributed by atoms with van der Waals surface area (Å²) in [5.41, 5.74) is 9.48. The molecule has 0 amide bonds. The van der Waals surface area contributed by atoms with Crippen molar-refractivity contribution >= 4 is 23.2 Å². The summed E-state index contributed by atoms with van der Waals surface area (Å²) in [4.78, 5) is -1.40. The van der Waals surface area contributed by atoms with Crippen LogP contribution in [-0.4, -0.2) is 21.2 Å². The zero-order valence-corrected chi connectivity index (χ0v) is 7.57. The molecule has 11 heavy (non-hydrogen) atoms. The third-order valence-electron chi connectivity index (χ3n) is 2.13. The van der Waals surface area contributed by atoms with Gasteiger partial charge in [0.2, 0.25) is 0 Å². The molecule has 0 heterocycles. The Bertz CT molecular complexity index is 161. The standard InChI is InChI=1S/C6H12Cl2N2O/c7-4-2-1-3-5(9,11)6(4,8)10/h4,11H,1-3,9-10H2/t4?,5-,6+/m1/s1. The first kappa shape index (κ1) is 9.55. The van der Waals surface area contributed by atoms with Gasteiger partial charge < -0.3 is 16.6 Å². The molecule has 1 aliphatic carbocycles. The van der Waals surface area contributed by atoms with Crippen LogP contribution >= 0.6 is 23.2 Å². The molecule has 1 aliphatic rings. The third-order valence-corrected chi connectivity index (χ3v) is 3.40. The average Bonchev–Trinajstić information content (AvgIpc) is 1.84. The summed E-state index contributed by atoms with van der Waals surface area (Å²) in [7, 11) is 0. The van der Waals surface area contributed by atoms with Crippen molar-refractivity contribution in [1.82, 2.24) is 0 Å². The Balaban J connectivity index is 2.82. The van der Waals surface area contributed by atoms with Crippen LogP contribution in [0.3, 0.4) is 0 Å². The Kier molecular flexibility index (Phi) is 2.38. The van der Waals surface area contributed by atoms with Crippen LogP contribution in [0.4, 0.5) is 0 Å². The maximum Gasteiger partial charge on any atom is 0.150 e. The van der Waals surface area contributed by atoms with Gasteiger partial charge in [0.25, 0.3) is 0 Å². The molecule has 0 aliphatic heterocycles. The molecule has 0 spiro atoms. The van der Waals surface area contributed by atoms with E-state index in [1.54, 1.807) is 0 Å². The fourth-order valence-corrected chi connectivity index (χ4v) is 1.77. The molecule has 0 aromatic heterocycles. The van der Waals surface area contributed by atoms with Gasteiger partial charge >= 0.3 is 0 Å². The zero-order valence-electron chi connectivity index (χ0n) is 6.06. The van der Waals surface area contributed by atoms with Crippen molar-refractivity contribution < 1.29 is 5.11 Å². The van der Waals surface area contributed by atoms with Gasteiger partial charge in [-0.2, -0.15) is 0 Å². The van der Waals surface area contributed by atoms with Crippen LogP contribution in [0.1, 0.15) is 19.3 Å². The Labute approximate surface area is 75.6 Å². The number of hydrogen-bond donors (Lipinski definition) is 3. The van der Waals surface area contributed by atoms with E-state index in [4.69, 9.17) is 34.7 Å². The first-order valence-electron chi connectivity index (χ1n) is 3.51. The number of nitrogens with two attached hydrogens (primary N) is 2. The maximum atomic E-state index is 9.51. The number of rotatable bonds is 0. The summed E-state index contributed by atoms with van der Waals surface area (Å²) in [5.74, 6) is 0. The molecular formula is C6H12Cl2N2O. The average molecular weight is 199 g/mol. The predicted octanol–water partition coefficient (Wildman–Crippen LogP) is 0.319. The minimum absolute atomic E-state index is 0.399. The quantitative estimate of drug-likeness (QED) is 0.299. The Morgan fingerprint density at radius 2 is 2.00 bits per heavy atom. The molecule has 1 saturated carbocycles. The molecule has 1 unspecified atom stereocenters. The van der Waals surface area contributed by atoms with E-state index in [1.165, 1.54) is 0 Å². The SMILES string of the molecule is N[C@@]1(O)CCCC(Cl)[C@@]1(N)Cl. The second-order valence-electron chi connectivity index (χ2n) is 3.05. The fraction of sp³-hybridized carbons (Fsp3) is 1.00. The smallest absolute Gasteiger partial charge is 0.150 e. The lowest BCUT2D eigenvalue weighted by molar-refractivity contribution is -0.0235. The Morgan fingerprint density at radius 1 is 1.45 bits per heavy atom. The molecular weight excluding hydrogens is 187 g/mol. The highest BCUT2D eigenvalue weighted by Gasteiger charge is 2.51. The van der Waals surface area contributed by atoms with Gasteiger partial charge in [-0.15, -0.1) is 11.6 Å². The van der Waals surface area contributed by atoms with E-state index < -0.39 is 16.1 Å². The van der Waals surface area contributed by atoms with Gasteiger partial charge in [-0.25, -0.2) is 0 Å². The lowest BCUT2D eigenvalue weighted by Gasteiger charge is -2.43. The van der Waals surface area contributed by atoms with Gasteiger partial charge in [0.15, 0.2) is 0 Å². The lowest BCUT2D eigenvalue weighted by atomic mass is 9.87. The van der Waals surface area contributed by atoms with Gasteiger partial charge in [-0.05, 0) is 19.3 Å². The van der Waals surface area contributed by atoms with E-state index in [1.807, 2.05) is 0 Å². The van der Waals surface area contributed by atoms with E-state index >= 15 is 0 Å². The van der Waals surface area contributed by atoms with Crippen LogP contribution in [0.2, 0.25) is 0 Å². The van der Waals surface area contributed by atoms with Gasteiger partial charge in [0.05, 0.1) is 5.38 Å².